The number of rotatable bonds is 8. The van der Waals surface area contributed by atoms with Gasteiger partial charge in [0.25, 0.3) is 0 Å². The maximum Gasteiger partial charge on any atom is 0.573 e. The Morgan fingerprint density at radius 1 is 0.962 bits per heavy atom. The van der Waals surface area contributed by atoms with Crippen molar-refractivity contribution in [3.63, 3.8) is 0 Å². The Morgan fingerprint density at radius 3 is 2.12 bits per heavy atom. The first-order valence-electron chi connectivity index (χ1n) is 7.54. The second-order valence-electron chi connectivity index (χ2n) is 5.52. The first kappa shape index (κ1) is 20.1. The third-order valence-electron chi connectivity index (χ3n) is 3.18. The van der Waals surface area contributed by atoms with Gasteiger partial charge < -0.3 is 14.6 Å². The maximum absolute atomic E-state index is 12.1. The molecule has 0 fully saturated rings. The molecule has 0 spiro atoms. The molecule has 0 amide bonds. The lowest BCUT2D eigenvalue weighted by molar-refractivity contribution is -0.274. The largest absolute Gasteiger partial charge is 0.573 e. The predicted molar refractivity (Wildman–Crippen MR) is 88.6 cm³/mol. The molecule has 2 rings (SSSR count). The summed E-state index contributed by atoms with van der Waals surface area (Å²) in [5.74, 6) is -0.916. The Kier molecular flexibility index (Phi) is 6.49. The first-order valence-corrected chi connectivity index (χ1v) is 9.36. The molecular weight excluding hydrogens is 373 g/mol. The quantitative estimate of drug-likeness (QED) is 0.750. The highest BCUT2D eigenvalue weighted by atomic mass is 32.2. The van der Waals surface area contributed by atoms with Crippen LogP contribution in [0, 0.1) is 0 Å². The van der Waals surface area contributed by atoms with E-state index in [1.54, 1.807) is 30.3 Å². The summed E-state index contributed by atoms with van der Waals surface area (Å²) in [6.45, 7) is -0.312. The van der Waals surface area contributed by atoms with E-state index in [1.807, 2.05) is 0 Å². The van der Waals surface area contributed by atoms with Crippen molar-refractivity contribution in [2.24, 2.45) is 0 Å². The van der Waals surface area contributed by atoms with Crippen LogP contribution in [0.5, 0.6) is 11.5 Å². The molecule has 5 nitrogen and oxygen atoms in total. The zero-order valence-electron chi connectivity index (χ0n) is 13.5. The number of sulfone groups is 1. The van der Waals surface area contributed by atoms with Crippen molar-refractivity contribution in [3.05, 3.63) is 60.2 Å². The number of benzene rings is 2. The van der Waals surface area contributed by atoms with Gasteiger partial charge in [-0.1, -0.05) is 30.3 Å². The van der Waals surface area contributed by atoms with E-state index in [9.17, 15) is 26.7 Å². The lowest BCUT2D eigenvalue weighted by Gasteiger charge is -2.13. The molecule has 0 saturated carbocycles. The van der Waals surface area contributed by atoms with Crippen molar-refractivity contribution in [2.45, 2.75) is 18.2 Å². The maximum atomic E-state index is 12.1. The molecule has 0 aliphatic carbocycles. The van der Waals surface area contributed by atoms with Crippen LogP contribution in [0.15, 0.2) is 54.6 Å². The van der Waals surface area contributed by atoms with E-state index in [-0.39, 0.29) is 18.1 Å². The van der Waals surface area contributed by atoms with Crippen LogP contribution in [0.1, 0.15) is 5.56 Å². The van der Waals surface area contributed by atoms with Gasteiger partial charge in [-0.05, 0) is 29.8 Å². The highest BCUT2D eigenvalue weighted by Gasteiger charge is 2.31. The molecule has 0 unspecified atom stereocenters. The van der Waals surface area contributed by atoms with E-state index in [0.717, 1.165) is 12.1 Å². The van der Waals surface area contributed by atoms with Crippen LogP contribution >= 0.6 is 0 Å². The van der Waals surface area contributed by atoms with Gasteiger partial charge in [0.1, 0.15) is 24.2 Å². The fourth-order valence-corrected chi connectivity index (χ4v) is 3.66. The van der Waals surface area contributed by atoms with Gasteiger partial charge in [-0.25, -0.2) is 8.42 Å². The minimum absolute atomic E-state index is 0.180. The molecule has 1 atom stereocenters. The standard InChI is InChI=1S/C17H17F3O5S/c18-17(19,20)25-16-8-6-15(7-9-16)24-10-14(21)12-26(22,23)11-13-4-2-1-3-5-13/h1-9,14,21H,10-12H2/t14-/m0/s1. The molecule has 9 heteroatoms. The molecule has 142 valence electrons. The summed E-state index contributed by atoms with van der Waals surface area (Å²) >= 11 is 0. The van der Waals surface area contributed by atoms with Gasteiger partial charge in [0.05, 0.1) is 11.5 Å². The normalized spacial score (nSPS) is 13.2. The van der Waals surface area contributed by atoms with E-state index in [1.165, 1.54) is 12.1 Å². The molecule has 0 aliphatic heterocycles. The van der Waals surface area contributed by atoms with Crippen LogP contribution in [0.2, 0.25) is 0 Å². The lowest BCUT2D eigenvalue weighted by Crippen LogP contribution is -2.27. The topological polar surface area (TPSA) is 72.8 Å². The second kappa shape index (κ2) is 8.41. The Hall–Kier alpha value is -2.26. The summed E-state index contributed by atoms with van der Waals surface area (Å²) in [4.78, 5) is 0. The highest BCUT2D eigenvalue weighted by Crippen LogP contribution is 2.24. The van der Waals surface area contributed by atoms with Gasteiger partial charge in [-0.3, -0.25) is 0 Å². The Balaban J connectivity index is 1.83. The Bertz CT molecular complexity index is 789. The molecule has 2 aromatic rings. The van der Waals surface area contributed by atoms with E-state index in [2.05, 4.69) is 4.74 Å². The molecular formula is C17H17F3O5S. The number of aliphatic hydroxyl groups excluding tert-OH is 1. The fourth-order valence-electron chi connectivity index (χ4n) is 2.16. The van der Waals surface area contributed by atoms with Crippen LogP contribution in [-0.2, 0) is 15.6 Å². The first-order chi connectivity index (χ1) is 12.1. The average molecular weight is 390 g/mol. The molecule has 2 aromatic carbocycles. The molecule has 0 aliphatic rings. The van der Waals surface area contributed by atoms with Gasteiger partial charge in [0.15, 0.2) is 9.84 Å². The van der Waals surface area contributed by atoms with Crippen molar-refractivity contribution in [2.75, 3.05) is 12.4 Å². The molecule has 0 radical (unpaired) electrons. The molecule has 0 aromatic heterocycles. The molecule has 0 bridgehead atoms. The fraction of sp³-hybridized carbons (Fsp3) is 0.294. The molecule has 0 heterocycles. The zero-order chi connectivity index (χ0) is 19.2. The highest BCUT2D eigenvalue weighted by molar-refractivity contribution is 7.90. The van der Waals surface area contributed by atoms with Crippen molar-refractivity contribution in [1.82, 2.24) is 0 Å². The van der Waals surface area contributed by atoms with E-state index in [0.29, 0.717) is 5.56 Å². The van der Waals surface area contributed by atoms with Crippen molar-refractivity contribution < 1.29 is 36.2 Å². The molecule has 26 heavy (non-hydrogen) atoms. The van der Waals surface area contributed by atoms with Crippen LogP contribution in [0.25, 0.3) is 0 Å². The van der Waals surface area contributed by atoms with Gasteiger partial charge in [0.2, 0.25) is 0 Å². The lowest BCUT2D eigenvalue weighted by atomic mass is 10.2. The molecule has 0 saturated heterocycles. The summed E-state index contributed by atoms with van der Waals surface area (Å²) in [5.41, 5.74) is 0.612. The summed E-state index contributed by atoms with van der Waals surface area (Å²) in [6.07, 6.45) is -6.05. The van der Waals surface area contributed by atoms with E-state index >= 15 is 0 Å². The third kappa shape index (κ3) is 7.32. The van der Waals surface area contributed by atoms with Gasteiger partial charge in [-0.15, -0.1) is 13.2 Å². The predicted octanol–water partition coefficient (Wildman–Crippen LogP) is 2.94. The summed E-state index contributed by atoms with van der Waals surface area (Å²) < 4.78 is 69.2. The smallest absolute Gasteiger partial charge is 0.491 e. The summed E-state index contributed by atoms with van der Waals surface area (Å²) in [7, 11) is -3.54. The number of hydrogen-bond donors (Lipinski definition) is 1. The average Bonchev–Trinajstić information content (AvgIpc) is 2.53. The van der Waals surface area contributed by atoms with Gasteiger partial charge >= 0.3 is 6.36 Å². The van der Waals surface area contributed by atoms with Crippen molar-refractivity contribution in [1.29, 1.82) is 0 Å². The minimum Gasteiger partial charge on any atom is -0.491 e. The SMILES string of the molecule is O=S(=O)(Cc1ccccc1)C[C@@H](O)COc1ccc(OC(F)(F)F)cc1. The van der Waals surface area contributed by atoms with Crippen molar-refractivity contribution >= 4 is 9.84 Å². The van der Waals surface area contributed by atoms with Crippen LogP contribution in [0.3, 0.4) is 0 Å². The summed E-state index contributed by atoms with van der Waals surface area (Å²) in [5, 5.41) is 9.85. The van der Waals surface area contributed by atoms with Gasteiger partial charge in [-0.2, -0.15) is 0 Å². The van der Waals surface area contributed by atoms with Crippen LogP contribution in [0.4, 0.5) is 13.2 Å². The van der Waals surface area contributed by atoms with E-state index < -0.39 is 33.8 Å². The molecule has 1 N–H and O–H groups in total. The number of alkyl halides is 3. The second-order valence-corrected chi connectivity index (χ2v) is 7.63. The third-order valence-corrected chi connectivity index (χ3v) is 4.84. The number of halogens is 3. The van der Waals surface area contributed by atoms with Crippen LogP contribution < -0.4 is 9.47 Å². The number of hydrogen-bond acceptors (Lipinski definition) is 5. The zero-order valence-corrected chi connectivity index (χ0v) is 14.3. The monoisotopic (exact) mass is 390 g/mol. The number of aliphatic hydroxyl groups is 1. The van der Waals surface area contributed by atoms with Crippen LogP contribution in [-0.4, -0.2) is 38.4 Å². The summed E-state index contributed by atoms with van der Waals surface area (Å²) in [6, 6.07) is 13.1. The number of ether oxygens (including phenoxy) is 2. The van der Waals surface area contributed by atoms with Crippen molar-refractivity contribution in [3.8, 4) is 11.5 Å². The Morgan fingerprint density at radius 2 is 1.54 bits per heavy atom. The van der Waals surface area contributed by atoms with E-state index in [4.69, 9.17) is 4.74 Å². The Labute approximate surface area is 148 Å². The minimum atomic E-state index is -4.79. The van der Waals surface area contributed by atoms with Gasteiger partial charge in [0, 0.05) is 0 Å².